The van der Waals surface area contributed by atoms with Gasteiger partial charge in [0.25, 0.3) is 0 Å². The van der Waals surface area contributed by atoms with Crippen molar-refractivity contribution >= 4 is 7.91 Å². The van der Waals surface area contributed by atoms with Crippen LogP contribution < -0.4 is 59.1 Å². The zero-order valence-corrected chi connectivity index (χ0v) is 9.60. The Morgan fingerprint density at radius 2 is 1.38 bits per heavy atom. The average molecular weight is 163 g/mol. The predicted octanol–water partition coefficient (Wildman–Crippen LogP) is -5.11. The molecule has 8 heavy (non-hydrogen) atoms. The summed E-state index contributed by atoms with van der Waals surface area (Å²) in [6, 6.07) is 0. The molecular formula is H5FNNa2O3P. The fourth-order valence-electron chi connectivity index (χ4n) is 0. The number of hydrogen-bond donors (Lipinski definition) is 2. The van der Waals surface area contributed by atoms with Crippen LogP contribution in [0.3, 0.4) is 0 Å². The van der Waals surface area contributed by atoms with E-state index in [1.165, 1.54) is 0 Å². The molecule has 0 heterocycles. The third-order valence-electron chi connectivity index (χ3n) is 0. The van der Waals surface area contributed by atoms with Crippen molar-refractivity contribution in [2.75, 3.05) is 0 Å². The van der Waals surface area contributed by atoms with Crippen LogP contribution in [0.4, 0.5) is 4.20 Å². The van der Waals surface area contributed by atoms with Crippen molar-refractivity contribution in [1.29, 1.82) is 0 Å². The van der Waals surface area contributed by atoms with Crippen LogP contribution in [-0.4, -0.2) is 9.79 Å². The van der Waals surface area contributed by atoms with E-state index >= 15 is 0 Å². The van der Waals surface area contributed by atoms with Crippen molar-refractivity contribution in [3.63, 3.8) is 0 Å². The summed E-state index contributed by atoms with van der Waals surface area (Å²) < 4.78 is 19.0. The Balaban J connectivity index is -0.0000000133. The summed E-state index contributed by atoms with van der Waals surface area (Å²) in [5, 5.41) is 0. The minimum Gasteiger partial charge on any atom is -1.00 e. The van der Waals surface area contributed by atoms with Gasteiger partial charge in [0.15, 0.2) is 0 Å². The molecule has 0 atom stereocenters. The Hall–Kier alpha value is 2.04. The smallest absolute Gasteiger partial charge is 1.00 e. The third kappa shape index (κ3) is 95.8. The molecule has 0 saturated carbocycles. The summed E-state index contributed by atoms with van der Waals surface area (Å²) in [6.07, 6.45) is 0. The molecule has 0 aliphatic carbocycles. The minimum absolute atomic E-state index is 0. The summed E-state index contributed by atoms with van der Waals surface area (Å²) in [5.41, 5.74) is 0. The molecule has 0 radical (unpaired) electrons. The van der Waals surface area contributed by atoms with Crippen molar-refractivity contribution in [3.05, 3.63) is 6.15 Å². The van der Waals surface area contributed by atoms with Crippen molar-refractivity contribution in [1.82, 2.24) is 0 Å². The largest absolute Gasteiger partial charge is 1.00 e. The Morgan fingerprint density at radius 3 is 1.38 bits per heavy atom. The van der Waals surface area contributed by atoms with Crippen LogP contribution >= 0.6 is 7.91 Å². The van der Waals surface area contributed by atoms with Gasteiger partial charge in [-0.15, -0.1) is 4.20 Å². The summed E-state index contributed by atoms with van der Waals surface area (Å²) in [7, 11) is -5.14. The van der Waals surface area contributed by atoms with E-state index in [1.54, 1.807) is 0 Å². The number of rotatable bonds is 0. The van der Waals surface area contributed by atoms with Crippen LogP contribution in [0.1, 0.15) is 1.43 Å². The number of halogens is 1. The van der Waals surface area contributed by atoms with Gasteiger partial charge in [0, 0.05) is 0 Å². The fraction of sp³-hybridized carbons (Fsp3) is 0. The first kappa shape index (κ1) is 22.5. The quantitative estimate of drug-likeness (QED) is 0.276. The summed E-state index contributed by atoms with van der Waals surface area (Å²) >= 11 is 0. The molecular weight excluding hydrogens is 158 g/mol. The zero-order chi connectivity index (χ0) is 4.50. The van der Waals surface area contributed by atoms with E-state index in [1.807, 2.05) is 0 Å². The molecule has 0 fully saturated rings. The third-order valence-corrected chi connectivity index (χ3v) is 0. The molecule has 0 amide bonds. The van der Waals surface area contributed by atoms with Gasteiger partial charge in [-0.1, -0.05) is 0 Å². The molecule has 42 valence electrons. The molecule has 0 bridgehead atoms. The van der Waals surface area contributed by atoms with Gasteiger partial charge in [-0.05, 0) is 0 Å². The van der Waals surface area contributed by atoms with E-state index in [4.69, 9.17) is 14.4 Å². The fourth-order valence-corrected chi connectivity index (χ4v) is 0. The number of nitrogens with two attached hydrogens (primary N) is 1. The molecule has 0 aromatic heterocycles. The summed E-state index contributed by atoms with van der Waals surface area (Å²) in [5.74, 6) is 0. The van der Waals surface area contributed by atoms with Crippen molar-refractivity contribution < 1.29 is 79.1 Å². The van der Waals surface area contributed by atoms with Crippen LogP contribution in [0.15, 0.2) is 0 Å². The molecule has 4 nitrogen and oxygen atoms in total. The van der Waals surface area contributed by atoms with E-state index < -0.39 is 7.91 Å². The molecule has 0 aliphatic heterocycles. The maximum atomic E-state index is 10.4. The van der Waals surface area contributed by atoms with Gasteiger partial charge in [0.1, 0.15) is 0 Å². The van der Waals surface area contributed by atoms with E-state index in [2.05, 4.69) is 0 Å². The second-order valence-corrected chi connectivity index (χ2v) is 1.42. The van der Waals surface area contributed by atoms with E-state index in [-0.39, 0.29) is 66.7 Å². The van der Waals surface area contributed by atoms with Crippen molar-refractivity contribution in [3.8, 4) is 0 Å². The van der Waals surface area contributed by atoms with Gasteiger partial charge in [-0.2, -0.15) is 0 Å². The molecule has 0 saturated heterocycles. The Bertz CT molecular complexity index is 67.9. The second-order valence-electron chi connectivity index (χ2n) is 0.473. The second kappa shape index (κ2) is 9.04. The Kier molecular flexibility index (Phi) is 25.4. The van der Waals surface area contributed by atoms with E-state index in [0.29, 0.717) is 0 Å². The molecule has 0 rings (SSSR count). The summed E-state index contributed by atoms with van der Waals surface area (Å²) in [6.45, 7) is 0. The van der Waals surface area contributed by atoms with Crippen LogP contribution in [0.25, 0.3) is 6.15 Å². The molecule has 0 aromatic carbocycles. The molecule has 0 aromatic rings. The number of hydrogen-bond acceptors (Lipinski definition) is 1. The minimum atomic E-state index is -5.14. The van der Waals surface area contributed by atoms with Gasteiger partial charge < -0.3 is 7.58 Å². The topological polar surface area (TPSA) is 91.0 Å². The molecule has 8 heteroatoms. The maximum absolute atomic E-state index is 10.4. The van der Waals surface area contributed by atoms with Gasteiger partial charge in [0.2, 0.25) is 0 Å². The van der Waals surface area contributed by atoms with Crippen molar-refractivity contribution in [2.45, 2.75) is 0 Å². The normalized spacial score (nSPS) is 7.38. The Morgan fingerprint density at radius 1 is 1.38 bits per heavy atom. The molecule has 0 unspecified atom stereocenters. The van der Waals surface area contributed by atoms with E-state index in [9.17, 15) is 4.20 Å². The zero-order valence-electron chi connectivity index (χ0n) is 5.71. The van der Waals surface area contributed by atoms with E-state index in [0.717, 1.165) is 0 Å². The predicted molar refractivity (Wildman–Crippen MR) is 19.5 cm³/mol. The van der Waals surface area contributed by atoms with Crippen LogP contribution in [-0.2, 0) is 4.57 Å². The first-order chi connectivity index (χ1) is 2.00. The maximum Gasteiger partial charge on any atom is 1.00 e. The van der Waals surface area contributed by atoms with Crippen LogP contribution in [0.5, 0.6) is 0 Å². The SMILES string of the molecule is O=P(O)(O)F.[H-].[NH2-].[Na+].[Na+]. The van der Waals surface area contributed by atoms with Crippen molar-refractivity contribution in [2.24, 2.45) is 0 Å². The molecule has 4 N–H and O–H groups in total. The van der Waals surface area contributed by atoms with Gasteiger partial charge in [0.05, 0.1) is 0 Å². The Labute approximate surface area is 92.2 Å². The van der Waals surface area contributed by atoms with Crippen LogP contribution in [0, 0.1) is 0 Å². The van der Waals surface area contributed by atoms with Gasteiger partial charge >= 0.3 is 67.0 Å². The molecule has 0 spiro atoms. The first-order valence-electron chi connectivity index (χ1n) is 0.752. The van der Waals surface area contributed by atoms with Gasteiger partial charge in [-0.3, -0.25) is 9.79 Å². The first-order valence-corrected chi connectivity index (χ1v) is 2.25. The monoisotopic (exact) mass is 163 g/mol. The average Bonchev–Trinajstić information content (AvgIpc) is 0.722. The van der Waals surface area contributed by atoms with Gasteiger partial charge in [-0.25, -0.2) is 4.57 Å². The molecule has 0 aliphatic rings. The summed E-state index contributed by atoms with van der Waals surface area (Å²) in [4.78, 5) is 13.9. The van der Waals surface area contributed by atoms with Crippen LogP contribution in [0.2, 0.25) is 0 Å². The standard InChI is InChI=1S/FH2O3P.H2N.2Na.H/c1-5(2,3)4;;;;/h(H2,2,3,4);1H2;;;/q;-1;2*+1;-1.